The molecule has 0 spiro atoms. The van der Waals surface area contributed by atoms with Gasteiger partial charge in [0.2, 0.25) is 5.95 Å². The lowest BCUT2D eigenvalue weighted by Crippen LogP contribution is -1.97. The molecule has 0 saturated carbocycles. The van der Waals surface area contributed by atoms with Crippen molar-refractivity contribution >= 4 is 11.6 Å². The Morgan fingerprint density at radius 1 is 1.75 bits per heavy atom. The van der Waals surface area contributed by atoms with E-state index >= 15 is 0 Å². The van der Waals surface area contributed by atoms with E-state index < -0.39 is 12.1 Å². The standard InChI is InChI=1S/C8H9ClFNO/c1-2-7(12)5-3-6(9)8(10)11-4-5/h3-4,7,12H,2H2,1H3. The molecular weight excluding hydrogens is 181 g/mol. The lowest BCUT2D eigenvalue weighted by molar-refractivity contribution is 0.173. The first-order chi connectivity index (χ1) is 5.65. The van der Waals surface area contributed by atoms with E-state index in [0.29, 0.717) is 12.0 Å². The number of rotatable bonds is 2. The molecule has 1 N–H and O–H groups in total. The predicted octanol–water partition coefficient (Wildman–Crippen LogP) is 2.32. The van der Waals surface area contributed by atoms with Gasteiger partial charge in [-0.1, -0.05) is 18.5 Å². The van der Waals surface area contributed by atoms with Crippen LogP contribution in [0.4, 0.5) is 4.39 Å². The van der Waals surface area contributed by atoms with Crippen molar-refractivity contribution in [2.24, 2.45) is 0 Å². The zero-order valence-corrected chi connectivity index (χ0v) is 7.35. The highest BCUT2D eigenvalue weighted by atomic mass is 35.5. The first-order valence-corrected chi connectivity index (χ1v) is 4.02. The smallest absolute Gasteiger partial charge is 0.231 e. The van der Waals surface area contributed by atoms with Crippen molar-refractivity contribution < 1.29 is 9.50 Å². The summed E-state index contributed by atoms with van der Waals surface area (Å²) in [5.74, 6) is -0.705. The van der Waals surface area contributed by atoms with Crippen molar-refractivity contribution in [3.8, 4) is 0 Å². The van der Waals surface area contributed by atoms with Gasteiger partial charge in [-0.25, -0.2) is 4.98 Å². The van der Waals surface area contributed by atoms with E-state index in [-0.39, 0.29) is 5.02 Å². The van der Waals surface area contributed by atoms with Crippen molar-refractivity contribution in [3.63, 3.8) is 0 Å². The van der Waals surface area contributed by atoms with Crippen LogP contribution in [0.25, 0.3) is 0 Å². The van der Waals surface area contributed by atoms with Crippen LogP contribution < -0.4 is 0 Å². The second kappa shape index (κ2) is 3.83. The summed E-state index contributed by atoms with van der Waals surface area (Å²) in [5.41, 5.74) is 0.545. The van der Waals surface area contributed by atoms with Gasteiger partial charge in [-0.15, -0.1) is 0 Å². The van der Waals surface area contributed by atoms with E-state index in [9.17, 15) is 9.50 Å². The maximum Gasteiger partial charge on any atom is 0.231 e. The van der Waals surface area contributed by atoms with Gasteiger partial charge >= 0.3 is 0 Å². The van der Waals surface area contributed by atoms with Gasteiger partial charge in [0, 0.05) is 11.8 Å². The first kappa shape index (κ1) is 9.42. The monoisotopic (exact) mass is 189 g/mol. The molecule has 1 heterocycles. The van der Waals surface area contributed by atoms with Gasteiger partial charge in [0.05, 0.1) is 11.1 Å². The molecule has 4 heteroatoms. The number of halogens is 2. The molecule has 1 atom stereocenters. The molecular formula is C8H9ClFNO. The van der Waals surface area contributed by atoms with E-state index in [1.165, 1.54) is 12.3 Å². The zero-order valence-electron chi connectivity index (χ0n) is 6.59. The number of aromatic nitrogens is 1. The average molecular weight is 190 g/mol. The van der Waals surface area contributed by atoms with Crippen molar-refractivity contribution in [2.45, 2.75) is 19.4 Å². The Hall–Kier alpha value is -0.670. The summed E-state index contributed by atoms with van der Waals surface area (Å²) in [6, 6.07) is 1.39. The predicted molar refractivity (Wildman–Crippen MR) is 44.5 cm³/mol. The number of hydrogen-bond acceptors (Lipinski definition) is 2. The number of pyridine rings is 1. The zero-order chi connectivity index (χ0) is 9.14. The van der Waals surface area contributed by atoms with Crippen molar-refractivity contribution in [2.75, 3.05) is 0 Å². The van der Waals surface area contributed by atoms with Gasteiger partial charge < -0.3 is 5.11 Å². The van der Waals surface area contributed by atoms with Crippen LogP contribution in [0.3, 0.4) is 0 Å². The normalized spacial score (nSPS) is 13.0. The van der Waals surface area contributed by atoms with E-state index in [1.807, 2.05) is 6.92 Å². The van der Waals surface area contributed by atoms with Crippen LogP contribution >= 0.6 is 11.6 Å². The van der Waals surface area contributed by atoms with Crippen LogP contribution in [0.5, 0.6) is 0 Å². The van der Waals surface area contributed by atoms with E-state index in [0.717, 1.165) is 0 Å². The largest absolute Gasteiger partial charge is 0.388 e. The molecule has 2 nitrogen and oxygen atoms in total. The maximum absolute atomic E-state index is 12.5. The summed E-state index contributed by atoms with van der Waals surface area (Å²) in [4.78, 5) is 3.39. The van der Waals surface area contributed by atoms with Gasteiger partial charge in [0.15, 0.2) is 0 Å². The summed E-state index contributed by atoms with van der Waals surface area (Å²) in [6.45, 7) is 1.82. The number of hydrogen-bond donors (Lipinski definition) is 1. The minimum absolute atomic E-state index is 0.0556. The molecule has 0 radical (unpaired) electrons. The number of nitrogens with zero attached hydrogens (tertiary/aromatic N) is 1. The molecule has 0 saturated heterocycles. The fourth-order valence-corrected chi connectivity index (χ4v) is 1.03. The van der Waals surface area contributed by atoms with Gasteiger partial charge in [-0.2, -0.15) is 4.39 Å². The molecule has 1 aromatic heterocycles. The van der Waals surface area contributed by atoms with Crippen molar-refractivity contribution in [1.82, 2.24) is 4.98 Å². The van der Waals surface area contributed by atoms with Gasteiger partial charge in [0.25, 0.3) is 0 Å². The van der Waals surface area contributed by atoms with Crippen LogP contribution in [0.2, 0.25) is 5.02 Å². The quantitative estimate of drug-likeness (QED) is 0.725. The van der Waals surface area contributed by atoms with E-state index in [2.05, 4.69) is 4.98 Å². The number of aliphatic hydroxyl groups excluding tert-OH is 1. The third-order valence-corrected chi connectivity index (χ3v) is 1.85. The molecule has 1 rings (SSSR count). The highest BCUT2D eigenvalue weighted by molar-refractivity contribution is 6.30. The minimum atomic E-state index is -0.705. The molecule has 1 unspecified atom stereocenters. The van der Waals surface area contributed by atoms with Crippen LogP contribution in [0, 0.1) is 5.95 Å². The first-order valence-electron chi connectivity index (χ1n) is 3.64. The summed E-state index contributed by atoms with van der Waals surface area (Å²) >= 11 is 5.47. The molecule has 0 aromatic carbocycles. The highest BCUT2D eigenvalue weighted by Gasteiger charge is 2.08. The SMILES string of the molecule is CCC(O)c1cnc(F)c(Cl)c1. The van der Waals surface area contributed by atoms with Gasteiger partial charge in [0.1, 0.15) is 0 Å². The summed E-state index contributed by atoms with van der Waals surface area (Å²) in [5, 5.41) is 9.27. The van der Waals surface area contributed by atoms with Gasteiger partial charge in [-0.05, 0) is 12.5 Å². The summed E-state index contributed by atoms with van der Waals surface area (Å²) in [7, 11) is 0. The fraction of sp³-hybridized carbons (Fsp3) is 0.375. The summed E-state index contributed by atoms with van der Waals surface area (Å²) in [6.07, 6.45) is 1.23. The third kappa shape index (κ3) is 1.93. The number of aliphatic hydroxyl groups is 1. The summed E-state index contributed by atoms with van der Waals surface area (Å²) < 4.78 is 12.5. The molecule has 66 valence electrons. The molecule has 0 aliphatic rings. The van der Waals surface area contributed by atoms with Crippen LogP contribution in [-0.2, 0) is 0 Å². The topological polar surface area (TPSA) is 33.1 Å². The Bertz CT molecular complexity index is 280. The molecule has 0 amide bonds. The second-order valence-corrected chi connectivity index (χ2v) is 2.87. The Balaban J connectivity index is 2.96. The van der Waals surface area contributed by atoms with Crippen molar-refractivity contribution in [3.05, 3.63) is 28.8 Å². The van der Waals surface area contributed by atoms with Crippen LogP contribution in [-0.4, -0.2) is 10.1 Å². The Morgan fingerprint density at radius 2 is 2.42 bits per heavy atom. The fourth-order valence-electron chi connectivity index (χ4n) is 0.854. The van der Waals surface area contributed by atoms with E-state index in [1.54, 1.807) is 0 Å². The molecule has 0 fully saturated rings. The Morgan fingerprint density at radius 3 is 2.92 bits per heavy atom. The Labute approximate surface area is 75.0 Å². The van der Waals surface area contributed by atoms with Crippen LogP contribution in [0.1, 0.15) is 25.0 Å². The molecule has 1 aromatic rings. The van der Waals surface area contributed by atoms with E-state index in [4.69, 9.17) is 11.6 Å². The third-order valence-electron chi connectivity index (χ3n) is 1.59. The lowest BCUT2D eigenvalue weighted by atomic mass is 10.1. The Kier molecular flexibility index (Phi) is 3.00. The average Bonchev–Trinajstić information content (AvgIpc) is 2.08. The van der Waals surface area contributed by atoms with Crippen molar-refractivity contribution in [1.29, 1.82) is 0 Å². The highest BCUT2D eigenvalue weighted by Crippen LogP contribution is 2.20. The lowest BCUT2D eigenvalue weighted by Gasteiger charge is -2.06. The molecule has 12 heavy (non-hydrogen) atoms. The van der Waals surface area contributed by atoms with Crippen LogP contribution in [0.15, 0.2) is 12.3 Å². The van der Waals surface area contributed by atoms with Gasteiger partial charge in [-0.3, -0.25) is 0 Å². The molecule has 0 aliphatic heterocycles. The minimum Gasteiger partial charge on any atom is -0.388 e. The molecule has 0 aliphatic carbocycles. The maximum atomic E-state index is 12.5. The molecule has 0 bridgehead atoms. The second-order valence-electron chi connectivity index (χ2n) is 2.47.